The molecule has 2 aliphatic rings. The molecule has 1 aromatic carbocycles. The highest BCUT2D eigenvalue weighted by Crippen LogP contribution is 2.34. The van der Waals surface area contributed by atoms with Crippen molar-refractivity contribution in [1.29, 1.82) is 0 Å². The average Bonchev–Trinajstić information content (AvgIpc) is 3.55. The highest BCUT2D eigenvalue weighted by Gasteiger charge is 2.25. The third kappa shape index (κ3) is 5.60. The summed E-state index contributed by atoms with van der Waals surface area (Å²) in [4.78, 5) is 25.5. The van der Waals surface area contributed by atoms with Crippen LogP contribution in [0.4, 0.5) is 4.39 Å². The van der Waals surface area contributed by atoms with Crippen molar-refractivity contribution in [2.45, 2.75) is 51.4 Å². The summed E-state index contributed by atoms with van der Waals surface area (Å²) >= 11 is 6.17. The molecule has 5 aromatic rings. The van der Waals surface area contributed by atoms with Crippen molar-refractivity contribution in [1.82, 2.24) is 19.5 Å². The van der Waals surface area contributed by atoms with Gasteiger partial charge in [0, 0.05) is 36.1 Å². The summed E-state index contributed by atoms with van der Waals surface area (Å²) in [7, 11) is 0. The Morgan fingerprint density at radius 3 is 2.79 bits per heavy atom. The van der Waals surface area contributed by atoms with Crippen LogP contribution in [0, 0.1) is 11.9 Å². The Labute approximate surface area is 250 Å². The molecule has 7 rings (SSSR count). The minimum absolute atomic E-state index is 0.00925. The van der Waals surface area contributed by atoms with Crippen LogP contribution in [-0.2, 0) is 24.3 Å². The molecular formula is C32H28ClFN4O5. The standard InChI is InChI=1S/C32H28ClFN4O5/c33-23-9-8-20(30-22(23)15-27(34)43-30)17-42-29-3-1-2-24(36-29)19-6-4-18(5-7-19)14-28-35-25-10-11-26(32(39)40)37-31(25)38(28)16-21-12-13-41-21/h1-3,6,8-11,15,18,21H,4-5,7,12-14,16-17H2,(H,39,40)/t18?,21-/m0/s1. The Hall–Kier alpha value is -4.28. The van der Waals surface area contributed by atoms with Gasteiger partial charge in [0.25, 0.3) is 6.01 Å². The lowest BCUT2D eigenvalue weighted by molar-refractivity contribution is -0.0591. The highest BCUT2D eigenvalue weighted by molar-refractivity contribution is 6.35. The average molecular weight is 603 g/mol. The van der Waals surface area contributed by atoms with Crippen molar-refractivity contribution in [3.8, 4) is 5.88 Å². The first kappa shape index (κ1) is 27.5. The lowest BCUT2D eigenvalue weighted by Gasteiger charge is -2.28. The number of aromatic carboxylic acids is 1. The van der Waals surface area contributed by atoms with Gasteiger partial charge in [-0.2, -0.15) is 4.39 Å². The fraction of sp³-hybridized carbons (Fsp3) is 0.312. The summed E-state index contributed by atoms with van der Waals surface area (Å²) in [5, 5.41) is 10.4. The van der Waals surface area contributed by atoms with E-state index in [1.165, 1.54) is 12.1 Å². The van der Waals surface area contributed by atoms with Crippen molar-refractivity contribution in [2.24, 2.45) is 5.92 Å². The molecule has 1 aliphatic carbocycles. The van der Waals surface area contributed by atoms with E-state index >= 15 is 0 Å². The second kappa shape index (κ2) is 11.4. The molecule has 4 aromatic heterocycles. The number of pyridine rings is 2. The van der Waals surface area contributed by atoms with E-state index < -0.39 is 12.0 Å². The van der Waals surface area contributed by atoms with Crippen molar-refractivity contribution < 1.29 is 28.2 Å². The number of furan rings is 1. The monoisotopic (exact) mass is 602 g/mol. The van der Waals surface area contributed by atoms with Gasteiger partial charge in [-0.05, 0) is 61.4 Å². The van der Waals surface area contributed by atoms with Gasteiger partial charge in [0.1, 0.15) is 23.5 Å². The minimum atomic E-state index is -1.06. The summed E-state index contributed by atoms with van der Waals surface area (Å²) < 4.78 is 32.6. The lowest BCUT2D eigenvalue weighted by Crippen LogP contribution is -2.32. The van der Waals surface area contributed by atoms with Crippen LogP contribution in [0.1, 0.15) is 53.3 Å². The van der Waals surface area contributed by atoms with E-state index in [-0.39, 0.29) is 18.4 Å². The fourth-order valence-corrected chi connectivity index (χ4v) is 5.97. The number of rotatable bonds is 9. The molecule has 43 heavy (non-hydrogen) atoms. The first-order valence-electron chi connectivity index (χ1n) is 14.3. The summed E-state index contributed by atoms with van der Waals surface area (Å²) in [5.41, 5.74) is 4.37. The van der Waals surface area contributed by atoms with Gasteiger partial charge < -0.3 is 23.6 Å². The molecule has 1 unspecified atom stereocenters. The third-order valence-electron chi connectivity index (χ3n) is 8.17. The molecule has 5 heterocycles. The van der Waals surface area contributed by atoms with E-state index in [1.807, 2.05) is 16.7 Å². The van der Waals surface area contributed by atoms with Gasteiger partial charge in [0.05, 0.1) is 23.4 Å². The number of halogens is 2. The molecular weight excluding hydrogens is 575 g/mol. The maximum Gasteiger partial charge on any atom is 0.354 e. The second-order valence-corrected chi connectivity index (χ2v) is 11.4. The maximum absolute atomic E-state index is 13.7. The minimum Gasteiger partial charge on any atom is -0.477 e. The van der Waals surface area contributed by atoms with Crippen LogP contribution >= 0.6 is 11.6 Å². The number of carboxylic acid groups (broad SMARTS) is 1. The zero-order valence-electron chi connectivity index (χ0n) is 23.1. The van der Waals surface area contributed by atoms with Gasteiger partial charge in [0.15, 0.2) is 11.3 Å². The van der Waals surface area contributed by atoms with Crippen molar-refractivity contribution >= 4 is 45.3 Å². The Bertz CT molecular complexity index is 1880. The molecule has 9 nitrogen and oxygen atoms in total. The van der Waals surface area contributed by atoms with E-state index in [4.69, 9.17) is 35.5 Å². The summed E-state index contributed by atoms with van der Waals surface area (Å²) in [6.07, 6.45) is 6.74. The zero-order valence-corrected chi connectivity index (χ0v) is 23.9. The molecule has 1 N–H and O–H groups in total. The number of imidazole rings is 1. The number of nitrogens with zero attached hydrogens (tertiary/aromatic N) is 4. The number of hydrogen-bond donors (Lipinski definition) is 1. The van der Waals surface area contributed by atoms with Crippen LogP contribution in [0.2, 0.25) is 5.02 Å². The van der Waals surface area contributed by atoms with Crippen LogP contribution < -0.4 is 4.74 Å². The topological polar surface area (TPSA) is 112 Å². The van der Waals surface area contributed by atoms with Gasteiger partial charge in [-0.1, -0.05) is 29.8 Å². The number of ether oxygens (including phenoxy) is 2. The predicted octanol–water partition coefficient (Wildman–Crippen LogP) is 6.86. The number of carboxylic acids is 1. The first-order valence-corrected chi connectivity index (χ1v) is 14.7. The summed E-state index contributed by atoms with van der Waals surface area (Å²) in [6.45, 7) is 1.52. The van der Waals surface area contributed by atoms with Gasteiger partial charge in [-0.25, -0.2) is 19.7 Å². The van der Waals surface area contributed by atoms with E-state index in [0.717, 1.165) is 55.8 Å². The Kier molecular flexibility index (Phi) is 7.32. The normalized spacial score (nSPS) is 18.5. The lowest BCUT2D eigenvalue weighted by atomic mass is 9.86. The zero-order chi connectivity index (χ0) is 29.5. The molecule has 1 saturated heterocycles. The molecule has 0 spiro atoms. The molecule has 0 saturated carbocycles. The van der Waals surface area contributed by atoms with Crippen LogP contribution in [-0.4, -0.2) is 43.3 Å². The molecule has 220 valence electrons. The summed E-state index contributed by atoms with van der Waals surface area (Å²) in [6, 6.07) is 13.0. The quantitative estimate of drug-likeness (QED) is 0.195. The smallest absolute Gasteiger partial charge is 0.354 e. The molecule has 0 bridgehead atoms. The highest BCUT2D eigenvalue weighted by atomic mass is 35.5. The number of benzene rings is 1. The van der Waals surface area contributed by atoms with Gasteiger partial charge >= 0.3 is 5.97 Å². The molecule has 11 heteroatoms. The molecule has 2 atom stereocenters. The first-order chi connectivity index (χ1) is 20.9. The maximum atomic E-state index is 13.7. The van der Waals surface area contributed by atoms with E-state index in [9.17, 15) is 14.3 Å². The number of aromatic nitrogens is 4. The van der Waals surface area contributed by atoms with E-state index in [1.54, 1.807) is 24.3 Å². The Morgan fingerprint density at radius 2 is 2.02 bits per heavy atom. The van der Waals surface area contributed by atoms with Crippen LogP contribution in [0.5, 0.6) is 5.88 Å². The molecule has 0 amide bonds. The van der Waals surface area contributed by atoms with Gasteiger partial charge in [-0.15, -0.1) is 0 Å². The van der Waals surface area contributed by atoms with Crippen molar-refractivity contribution in [3.05, 3.63) is 88.4 Å². The number of fused-ring (bicyclic) bond motifs is 2. The summed E-state index contributed by atoms with van der Waals surface area (Å²) in [5.74, 6) is 0.694. The predicted molar refractivity (Wildman–Crippen MR) is 158 cm³/mol. The Balaban J connectivity index is 1.05. The number of allylic oxidation sites excluding steroid dienone is 2. The number of carbonyl (C=O) groups is 1. The van der Waals surface area contributed by atoms with E-state index in [2.05, 4.69) is 11.1 Å². The molecule has 0 radical (unpaired) electrons. The van der Waals surface area contributed by atoms with E-state index in [0.29, 0.717) is 51.1 Å². The van der Waals surface area contributed by atoms with Crippen LogP contribution in [0.3, 0.4) is 0 Å². The van der Waals surface area contributed by atoms with Crippen molar-refractivity contribution in [3.63, 3.8) is 0 Å². The molecule has 1 aliphatic heterocycles. The third-order valence-corrected chi connectivity index (χ3v) is 8.50. The van der Waals surface area contributed by atoms with Gasteiger partial charge in [0.2, 0.25) is 5.88 Å². The second-order valence-electron chi connectivity index (χ2n) is 11.0. The fourth-order valence-electron chi connectivity index (χ4n) is 5.77. The number of hydrogen-bond acceptors (Lipinski definition) is 7. The van der Waals surface area contributed by atoms with Crippen LogP contribution in [0.15, 0.2) is 59.0 Å². The SMILES string of the molecule is O=C(O)c1ccc2nc(CC3CC=C(c4cccc(OCc5ccc(Cl)c6cc(F)oc56)n4)CC3)n(C[C@@H]3CCO3)c2n1. The van der Waals surface area contributed by atoms with Crippen LogP contribution in [0.25, 0.3) is 27.7 Å². The van der Waals surface area contributed by atoms with Crippen molar-refractivity contribution in [2.75, 3.05) is 6.61 Å². The van der Waals surface area contributed by atoms with Gasteiger partial charge in [-0.3, -0.25) is 0 Å². The Morgan fingerprint density at radius 1 is 1.14 bits per heavy atom. The largest absolute Gasteiger partial charge is 0.477 e. The molecule has 1 fully saturated rings.